The summed E-state index contributed by atoms with van der Waals surface area (Å²) in [5.41, 5.74) is 8.28. The van der Waals surface area contributed by atoms with Gasteiger partial charge in [-0.3, -0.25) is 0 Å². The molecule has 0 bridgehead atoms. The summed E-state index contributed by atoms with van der Waals surface area (Å²) in [6.45, 7) is 9.57. The number of benzene rings is 7. The van der Waals surface area contributed by atoms with Crippen molar-refractivity contribution < 1.29 is 0 Å². The molecule has 0 amide bonds. The first-order valence-electron chi connectivity index (χ1n) is 16.7. The summed E-state index contributed by atoms with van der Waals surface area (Å²) >= 11 is 0. The van der Waals surface area contributed by atoms with Gasteiger partial charge in [0, 0.05) is 16.7 Å². The first-order valence-corrected chi connectivity index (χ1v) is 16.7. The van der Waals surface area contributed by atoms with E-state index in [9.17, 15) is 0 Å². The molecule has 0 spiro atoms. The normalized spacial score (nSPS) is 14.6. The van der Waals surface area contributed by atoms with Crippen LogP contribution in [0, 0.1) is 0 Å². The van der Waals surface area contributed by atoms with Crippen molar-refractivity contribution in [3.8, 4) is 45.3 Å². The number of nitrogens with zero attached hydrogens (tertiary/aromatic N) is 3. The van der Waals surface area contributed by atoms with E-state index in [1.165, 1.54) is 43.8 Å². The highest BCUT2D eigenvalue weighted by Gasteiger charge is 2.46. The van der Waals surface area contributed by atoms with Gasteiger partial charge in [0.2, 0.25) is 0 Å². The molecule has 1 aliphatic carbocycles. The Hall–Kier alpha value is -5.67. The zero-order valence-corrected chi connectivity index (χ0v) is 27.6. The van der Waals surface area contributed by atoms with Crippen molar-refractivity contribution in [1.82, 2.24) is 15.0 Å². The van der Waals surface area contributed by atoms with Crippen LogP contribution in [0.4, 0.5) is 0 Å². The third kappa shape index (κ3) is 4.17. The average Bonchev–Trinajstić information content (AvgIpc) is 3.13. The van der Waals surface area contributed by atoms with E-state index in [0.29, 0.717) is 17.5 Å². The zero-order valence-electron chi connectivity index (χ0n) is 27.6. The second-order valence-corrected chi connectivity index (χ2v) is 14.1. The standard InChI is InChI=1S/C45H35N3/c1-44(2)37-20-11-10-17-36(37)40-38(45(44,3)4)26-24-29-23-25-33-34(39(29)40)18-12-19-35(33)43-47-41(30-14-6-5-7-15-30)46-42(48-43)32-22-21-28-13-8-9-16-31(28)27-32/h5-27H,1-4H3. The first kappa shape index (κ1) is 28.5. The van der Waals surface area contributed by atoms with Gasteiger partial charge in [0.05, 0.1) is 0 Å². The maximum absolute atomic E-state index is 5.18. The molecule has 3 heteroatoms. The van der Waals surface area contributed by atoms with E-state index in [1.54, 1.807) is 0 Å². The molecule has 0 fully saturated rings. The summed E-state index contributed by atoms with van der Waals surface area (Å²) in [4.78, 5) is 15.3. The van der Waals surface area contributed by atoms with Gasteiger partial charge in [-0.1, -0.05) is 161 Å². The number of hydrogen-bond acceptors (Lipinski definition) is 3. The molecule has 0 unspecified atom stereocenters. The Bertz CT molecular complexity index is 2560. The molecule has 0 saturated heterocycles. The van der Waals surface area contributed by atoms with E-state index in [2.05, 4.69) is 149 Å². The summed E-state index contributed by atoms with van der Waals surface area (Å²) in [5, 5.41) is 7.22. The molecule has 1 aromatic heterocycles. The Morgan fingerprint density at radius 1 is 0.396 bits per heavy atom. The van der Waals surface area contributed by atoms with E-state index in [1.807, 2.05) is 18.2 Å². The van der Waals surface area contributed by atoms with Crippen molar-refractivity contribution in [2.75, 3.05) is 0 Å². The van der Waals surface area contributed by atoms with Crippen LogP contribution in [-0.4, -0.2) is 15.0 Å². The summed E-state index contributed by atoms with van der Waals surface area (Å²) in [6, 6.07) is 49.8. The lowest BCUT2D eigenvalue weighted by atomic mass is 9.55. The number of fused-ring (bicyclic) bond motifs is 8. The minimum Gasteiger partial charge on any atom is -0.208 e. The highest BCUT2D eigenvalue weighted by atomic mass is 15.0. The molecule has 0 atom stereocenters. The molecule has 0 saturated carbocycles. The minimum absolute atomic E-state index is 0.0299. The Kier molecular flexibility index (Phi) is 6.20. The Labute approximate surface area is 281 Å². The van der Waals surface area contributed by atoms with Crippen LogP contribution in [0.1, 0.15) is 38.8 Å². The van der Waals surface area contributed by atoms with Gasteiger partial charge in [0.1, 0.15) is 0 Å². The molecule has 1 heterocycles. The summed E-state index contributed by atoms with van der Waals surface area (Å²) in [5.74, 6) is 2.00. The first-order chi connectivity index (χ1) is 23.3. The van der Waals surface area contributed by atoms with Crippen LogP contribution in [0.25, 0.3) is 77.6 Å². The predicted octanol–water partition coefficient (Wildman–Crippen LogP) is 11.6. The second-order valence-electron chi connectivity index (χ2n) is 14.1. The van der Waals surface area contributed by atoms with Crippen molar-refractivity contribution in [2.24, 2.45) is 0 Å². The molecule has 0 aliphatic heterocycles. The predicted molar refractivity (Wildman–Crippen MR) is 200 cm³/mol. The summed E-state index contributed by atoms with van der Waals surface area (Å²) < 4.78 is 0. The molecule has 1 aliphatic rings. The van der Waals surface area contributed by atoms with Crippen LogP contribution in [0.2, 0.25) is 0 Å². The third-order valence-electron chi connectivity index (χ3n) is 11.1. The molecule has 230 valence electrons. The van der Waals surface area contributed by atoms with Gasteiger partial charge in [-0.2, -0.15) is 0 Å². The average molecular weight is 618 g/mol. The van der Waals surface area contributed by atoms with Crippen LogP contribution in [0.5, 0.6) is 0 Å². The highest BCUT2D eigenvalue weighted by molar-refractivity contribution is 6.18. The number of hydrogen-bond donors (Lipinski definition) is 0. The molecule has 48 heavy (non-hydrogen) atoms. The zero-order chi connectivity index (χ0) is 32.6. The fraction of sp³-hybridized carbons (Fsp3) is 0.133. The Balaban J connectivity index is 1.32. The fourth-order valence-corrected chi connectivity index (χ4v) is 7.77. The summed E-state index contributed by atoms with van der Waals surface area (Å²) in [6.07, 6.45) is 0. The molecule has 8 aromatic rings. The van der Waals surface area contributed by atoms with Crippen molar-refractivity contribution in [2.45, 2.75) is 38.5 Å². The van der Waals surface area contributed by atoms with Gasteiger partial charge in [-0.15, -0.1) is 0 Å². The molecule has 3 nitrogen and oxygen atoms in total. The second kappa shape index (κ2) is 10.4. The van der Waals surface area contributed by atoms with Crippen LogP contribution in [-0.2, 0) is 10.8 Å². The molecule has 7 aromatic carbocycles. The van der Waals surface area contributed by atoms with Crippen LogP contribution >= 0.6 is 0 Å². The summed E-state index contributed by atoms with van der Waals surface area (Å²) in [7, 11) is 0. The van der Waals surface area contributed by atoms with E-state index in [0.717, 1.165) is 27.5 Å². The lowest BCUT2D eigenvalue weighted by Gasteiger charge is -2.48. The fourth-order valence-electron chi connectivity index (χ4n) is 7.77. The Morgan fingerprint density at radius 2 is 1.02 bits per heavy atom. The van der Waals surface area contributed by atoms with Crippen molar-refractivity contribution >= 4 is 32.3 Å². The Morgan fingerprint density at radius 3 is 1.85 bits per heavy atom. The van der Waals surface area contributed by atoms with Crippen molar-refractivity contribution in [3.05, 3.63) is 151 Å². The largest absolute Gasteiger partial charge is 0.208 e. The van der Waals surface area contributed by atoms with E-state index >= 15 is 0 Å². The third-order valence-corrected chi connectivity index (χ3v) is 11.1. The SMILES string of the molecule is CC1(C)c2ccccc2-c2c(ccc3ccc4c(-c5nc(-c6ccccc6)nc(-c6ccc7ccccc7c6)n5)cccc4c23)C1(C)C. The number of aromatic nitrogens is 3. The molecular weight excluding hydrogens is 583 g/mol. The van der Waals surface area contributed by atoms with Gasteiger partial charge >= 0.3 is 0 Å². The van der Waals surface area contributed by atoms with Crippen molar-refractivity contribution in [3.63, 3.8) is 0 Å². The molecule has 0 radical (unpaired) electrons. The van der Waals surface area contributed by atoms with E-state index < -0.39 is 0 Å². The van der Waals surface area contributed by atoms with Crippen LogP contribution in [0.15, 0.2) is 140 Å². The monoisotopic (exact) mass is 617 g/mol. The quantitative estimate of drug-likeness (QED) is 0.185. The van der Waals surface area contributed by atoms with E-state index in [4.69, 9.17) is 15.0 Å². The maximum Gasteiger partial charge on any atom is 0.164 e. The smallest absolute Gasteiger partial charge is 0.164 e. The van der Waals surface area contributed by atoms with Crippen LogP contribution in [0.3, 0.4) is 0 Å². The lowest BCUT2D eigenvalue weighted by molar-refractivity contribution is 0.299. The van der Waals surface area contributed by atoms with Gasteiger partial charge in [-0.05, 0) is 71.5 Å². The van der Waals surface area contributed by atoms with E-state index in [-0.39, 0.29) is 10.8 Å². The van der Waals surface area contributed by atoms with Gasteiger partial charge in [0.15, 0.2) is 17.5 Å². The van der Waals surface area contributed by atoms with Crippen molar-refractivity contribution in [1.29, 1.82) is 0 Å². The maximum atomic E-state index is 5.18. The topological polar surface area (TPSA) is 38.7 Å². The number of rotatable bonds is 3. The minimum atomic E-state index is -0.0712. The molecule has 0 N–H and O–H groups in total. The lowest BCUT2D eigenvalue weighted by Crippen LogP contribution is -2.43. The van der Waals surface area contributed by atoms with Gasteiger partial charge in [-0.25, -0.2) is 15.0 Å². The van der Waals surface area contributed by atoms with Gasteiger partial charge < -0.3 is 0 Å². The highest BCUT2D eigenvalue weighted by Crippen LogP contribution is 2.56. The molecular formula is C45H35N3. The van der Waals surface area contributed by atoms with Gasteiger partial charge in [0.25, 0.3) is 0 Å². The van der Waals surface area contributed by atoms with Crippen LogP contribution < -0.4 is 0 Å². The molecule has 9 rings (SSSR count).